The van der Waals surface area contributed by atoms with Crippen LogP contribution in [0.25, 0.3) is 0 Å². The number of nitrogens with zero attached hydrogens (tertiary/aromatic N) is 1. The summed E-state index contributed by atoms with van der Waals surface area (Å²) in [5, 5.41) is 1.31. The first-order valence-electron chi connectivity index (χ1n) is 5.77. The molecule has 0 N–H and O–H groups in total. The first-order chi connectivity index (χ1) is 7.98. The molecule has 0 saturated carbocycles. The summed E-state index contributed by atoms with van der Waals surface area (Å²) in [4.78, 5) is 28.9. The largest absolute Gasteiger partial charge is 0.464 e. The van der Waals surface area contributed by atoms with Crippen LogP contribution in [0, 0.1) is 0 Å². The van der Waals surface area contributed by atoms with Crippen molar-refractivity contribution in [2.75, 3.05) is 19.8 Å². The van der Waals surface area contributed by atoms with E-state index in [1.165, 1.54) is 5.06 Å². The van der Waals surface area contributed by atoms with Crippen LogP contribution in [0.2, 0.25) is 0 Å². The minimum atomic E-state index is -1.39. The molecule has 0 amide bonds. The summed E-state index contributed by atoms with van der Waals surface area (Å²) in [5.41, 5.74) is -1.39. The molecule has 17 heavy (non-hydrogen) atoms. The fourth-order valence-electron chi connectivity index (χ4n) is 1.47. The van der Waals surface area contributed by atoms with Gasteiger partial charge < -0.3 is 9.47 Å². The smallest absolute Gasteiger partial charge is 0.342 e. The van der Waals surface area contributed by atoms with Crippen LogP contribution in [0.5, 0.6) is 0 Å². The van der Waals surface area contributed by atoms with Crippen LogP contribution < -0.4 is 0 Å². The third-order valence-corrected chi connectivity index (χ3v) is 2.26. The summed E-state index contributed by atoms with van der Waals surface area (Å²) in [7, 11) is 0. The minimum Gasteiger partial charge on any atom is -0.464 e. The molecule has 1 atom stereocenters. The summed E-state index contributed by atoms with van der Waals surface area (Å²) in [6.07, 6.45) is -0.110. The van der Waals surface area contributed by atoms with Gasteiger partial charge in [0, 0.05) is 0 Å². The van der Waals surface area contributed by atoms with Gasteiger partial charge in [0.05, 0.1) is 25.9 Å². The lowest BCUT2D eigenvalue weighted by molar-refractivity contribution is -0.179. The third kappa shape index (κ3) is 2.76. The minimum absolute atomic E-state index is 0.110. The lowest BCUT2D eigenvalue weighted by atomic mass is 10.1. The lowest BCUT2D eigenvalue weighted by Gasteiger charge is -2.16. The molecule has 0 aromatic carbocycles. The van der Waals surface area contributed by atoms with E-state index >= 15 is 0 Å². The Kier molecular flexibility index (Phi) is 4.47. The van der Waals surface area contributed by atoms with Crippen molar-refractivity contribution in [1.82, 2.24) is 5.06 Å². The SMILES string of the molecule is CCOC(=O)C1(C(=O)OCC)CN1OC(C)C. The van der Waals surface area contributed by atoms with Crippen molar-refractivity contribution in [3.63, 3.8) is 0 Å². The van der Waals surface area contributed by atoms with E-state index in [4.69, 9.17) is 14.3 Å². The third-order valence-electron chi connectivity index (χ3n) is 2.26. The van der Waals surface area contributed by atoms with Crippen molar-refractivity contribution < 1.29 is 23.9 Å². The van der Waals surface area contributed by atoms with Crippen molar-refractivity contribution in [1.29, 1.82) is 0 Å². The maximum Gasteiger partial charge on any atom is 0.342 e. The number of carbonyl (C=O) groups excluding carboxylic acids is 2. The number of hydrogen-bond donors (Lipinski definition) is 0. The van der Waals surface area contributed by atoms with Crippen molar-refractivity contribution in [3.8, 4) is 0 Å². The average Bonchev–Trinajstić information content (AvgIpc) is 2.93. The van der Waals surface area contributed by atoms with Crippen LogP contribution in [0.3, 0.4) is 0 Å². The van der Waals surface area contributed by atoms with Crippen molar-refractivity contribution >= 4 is 11.9 Å². The first kappa shape index (κ1) is 13.9. The van der Waals surface area contributed by atoms with Crippen LogP contribution in [0.1, 0.15) is 27.7 Å². The predicted molar refractivity (Wildman–Crippen MR) is 58.9 cm³/mol. The Bertz CT molecular complexity index is 284. The highest BCUT2D eigenvalue weighted by atomic mass is 16.7. The van der Waals surface area contributed by atoms with E-state index in [0.29, 0.717) is 0 Å². The highest BCUT2D eigenvalue weighted by Crippen LogP contribution is 2.36. The van der Waals surface area contributed by atoms with E-state index in [-0.39, 0.29) is 25.9 Å². The molecule has 1 fully saturated rings. The summed E-state index contributed by atoms with van der Waals surface area (Å²) >= 11 is 0. The van der Waals surface area contributed by atoms with Crippen LogP contribution in [-0.4, -0.2) is 48.4 Å². The number of ether oxygens (including phenoxy) is 2. The van der Waals surface area contributed by atoms with Gasteiger partial charge in [-0.1, -0.05) is 0 Å². The van der Waals surface area contributed by atoms with Gasteiger partial charge in [-0.3, -0.25) is 4.84 Å². The first-order valence-corrected chi connectivity index (χ1v) is 5.77. The molecule has 1 unspecified atom stereocenters. The molecule has 1 aliphatic rings. The second-order valence-corrected chi connectivity index (χ2v) is 3.99. The Morgan fingerprint density at radius 3 is 2.00 bits per heavy atom. The zero-order valence-electron chi connectivity index (χ0n) is 10.7. The van der Waals surface area contributed by atoms with Gasteiger partial charge in [0.15, 0.2) is 0 Å². The number of esters is 2. The zero-order chi connectivity index (χ0) is 13.1. The van der Waals surface area contributed by atoms with E-state index in [2.05, 4.69) is 0 Å². The molecular formula is C11H19NO5. The molecule has 0 spiro atoms. The molecule has 98 valence electrons. The lowest BCUT2D eigenvalue weighted by Crippen LogP contribution is -2.41. The molecular weight excluding hydrogens is 226 g/mol. The maximum absolute atomic E-state index is 11.8. The molecule has 6 heteroatoms. The van der Waals surface area contributed by atoms with Gasteiger partial charge in [0.2, 0.25) is 0 Å². The number of hydrogen-bond acceptors (Lipinski definition) is 6. The highest BCUT2D eigenvalue weighted by Gasteiger charge is 2.69. The molecule has 6 nitrogen and oxygen atoms in total. The van der Waals surface area contributed by atoms with Gasteiger partial charge in [-0.25, -0.2) is 9.59 Å². The summed E-state index contributed by atoms with van der Waals surface area (Å²) < 4.78 is 9.77. The molecule has 0 aromatic heterocycles. The Morgan fingerprint density at radius 2 is 1.65 bits per heavy atom. The van der Waals surface area contributed by atoms with Crippen LogP contribution in [-0.2, 0) is 23.9 Å². The average molecular weight is 245 g/mol. The molecule has 0 radical (unpaired) electrons. The predicted octanol–water partition coefficient (Wildman–Crippen LogP) is 0.507. The molecule has 1 saturated heterocycles. The summed E-state index contributed by atoms with van der Waals surface area (Å²) in [5.74, 6) is -1.22. The quantitative estimate of drug-likeness (QED) is 0.386. The number of hydroxylamine groups is 2. The van der Waals surface area contributed by atoms with Crippen molar-refractivity contribution in [2.24, 2.45) is 0 Å². The number of carbonyl (C=O) groups is 2. The molecule has 1 aliphatic heterocycles. The fourth-order valence-corrected chi connectivity index (χ4v) is 1.47. The molecule has 1 heterocycles. The van der Waals surface area contributed by atoms with Crippen LogP contribution in [0.4, 0.5) is 0 Å². The van der Waals surface area contributed by atoms with Crippen molar-refractivity contribution in [3.05, 3.63) is 0 Å². The van der Waals surface area contributed by atoms with Crippen LogP contribution in [0.15, 0.2) is 0 Å². The Labute approximate surface area is 101 Å². The molecule has 0 aromatic rings. The van der Waals surface area contributed by atoms with Crippen LogP contribution >= 0.6 is 0 Å². The van der Waals surface area contributed by atoms with Crippen molar-refractivity contribution in [2.45, 2.75) is 39.3 Å². The van der Waals surface area contributed by atoms with Gasteiger partial charge in [-0.15, -0.1) is 0 Å². The summed E-state index contributed by atoms with van der Waals surface area (Å²) in [6.45, 7) is 7.63. The topological polar surface area (TPSA) is 64.8 Å². The highest BCUT2D eigenvalue weighted by molar-refractivity contribution is 6.08. The number of rotatable bonds is 6. The monoisotopic (exact) mass is 245 g/mol. The van der Waals surface area contributed by atoms with Gasteiger partial charge in [-0.05, 0) is 27.7 Å². The maximum atomic E-state index is 11.8. The molecule has 0 aliphatic carbocycles. The van der Waals surface area contributed by atoms with Gasteiger partial charge in [-0.2, -0.15) is 5.06 Å². The molecule has 1 rings (SSSR count). The van der Waals surface area contributed by atoms with Gasteiger partial charge in [0.25, 0.3) is 5.54 Å². The standard InChI is InChI=1S/C11H19NO5/c1-5-15-9(13)11(10(14)16-6-2)7-12(11)17-8(3)4/h8H,5-7H2,1-4H3. The van der Waals surface area contributed by atoms with E-state index in [1.807, 2.05) is 13.8 Å². The Balaban J connectivity index is 2.75. The van der Waals surface area contributed by atoms with E-state index in [1.54, 1.807) is 13.8 Å². The Morgan fingerprint density at radius 1 is 1.18 bits per heavy atom. The van der Waals surface area contributed by atoms with E-state index < -0.39 is 17.5 Å². The Hall–Kier alpha value is -1.14. The molecule has 0 bridgehead atoms. The normalized spacial score (nSPS) is 21.1. The second kappa shape index (κ2) is 5.46. The fraction of sp³-hybridized carbons (Fsp3) is 0.818. The second-order valence-electron chi connectivity index (χ2n) is 3.99. The van der Waals surface area contributed by atoms with Gasteiger partial charge in [0.1, 0.15) is 0 Å². The van der Waals surface area contributed by atoms with Gasteiger partial charge >= 0.3 is 11.9 Å². The zero-order valence-corrected chi connectivity index (χ0v) is 10.7. The van der Waals surface area contributed by atoms with E-state index in [9.17, 15) is 9.59 Å². The van der Waals surface area contributed by atoms with E-state index in [0.717, 1.165) is 0 Å². The summed E-state index contributed by atoms with van der Waals surface area (Å²) in [6, 6.07) is 0.